The number of benzene rings is 2. The van der Waals surface area contributed by atoms with Crippen LogP contribution in [0.15, 0.2) is 46.9 Å². The van der Waals surface area contributed by atoms with Crippen molar-refractivity contribution in [1.82, 2.24) is 9.80 Å². The summed E-state index contributed by atoms with van der Waals surface area (Å²) in [6.45, 7) is 5.16. The molecule has 0 spiro atoms. The fourth-order valence-electron chi connectivity index (χ4n) is 5.02. The average Bonchev–Trinajstić information content (AvgIpc) is 2.85. The SMILES string of the molecule is Cc1cc(OCC2(CC(=O)N3CCCCC3)CCCN(C(=O)c3ccccc3Br)C2)ccc1Cl. The third kappa shape index (κ3) is 5.95. The molecule has 0 N–H and O–H groups in total. The second kappa shape index (κ2) is 11.1. The average molecular weight is 548 g/mol. The summed E-state index contributed by atoms with van der Waals surface area (Å²) < 4.78 is 7.04. The van der Waals surface area contributed by atoms with Crippen LogP contribution in [0.5, 0.6) is 5.75 Å². The highest BCUT2D eigenvalue weighted by molar-refractivity contribution is 9.10. The van der Waals surface area contributed by atoms with Gasteiger partial charge in [0.05, 0.1) is 12.2 Å². The lowest BCUT2D eigenvalue weighted by Crippen LogP contribution is -2.51. The molecule has 4 rings (SSSR count). The van der Waals surface area contributed by atoms with Crippen molar-refractivity contribution in [1.29, 1.82) is 0 Å². The monoisotopic (exact) mass is 546 g/mol. The zero-order valence-electron chi connectivity index (χ0n) is 19.7. The Kier molecular flexibility index (Phi) is 8.20. The number of aryl methyl sites for hydroxylation is 1. The molecular formula is C27H32BrClN2O3. The predicted molar refractivity (Wildman–Crippen MR) is 138 cm³/mol. The number of carbonyl (C=O) groups excluding carboxylic acids is 2. The Morgan fingerprint density at radius 2 is 1.76 bits per heavy atom. The van der Waals surface area contributed by atoms with Crippen LogP contribution in [0.2, 0.25) is 5.02 Å². The number of nitrogens with zero attached hydrogens (tertiary/aromatic N) is 2. The number of hydrogen-bond acceptors (Lipinski definition) is 3. The molecule has 2 amide bonds. The minimum atomic E-state index is -0.433. The molecule has 2 aliphatic rings. The first-order valence-corrected chi connectivity index (χ1v) is 13.2. The van der Waals surface area contributed by atoms with Crippen molar-refractivity contribution in [2.45, 2.75) is 45.4 Å². The first-order chi connectivity index (χ1) is 16.4. The summed E-state index contributed by atoms with van der Waals surface area (Å²) in [6.07, 6.45) is 5.38. The van der Waals surface area contributed by atoms with Crippen molar-refractivity contribution in [2.75, 3.05) is 32.8 Å². The van der Waals surface area contributed by atoms with Gasteiger partial charge in [0.2, 0.25) is 5.91 Å². The van der Waals surface area contributed by atoms with Crippen molar-refractivity contribution in [2.24, 2.45) is 5.41 Å². The molecule has 2 aromatic carbocycles. The van der Waals surface area contributed by atoms with Crippen LogP contribution in [0, 0.1) is 12.3 Å². The van der Waals surface area contributed by atoms with Crippen LogP contribution in [-0.2, 0) is 4.79 Å². The van der Waals surface area contributed by atoms with Gasteiger partial charge < -0.3 is 14.5 Å². The van der Waals surface area contributed by atoms with E-state index in [1.54, 1.807) is 0 Å². The summed E-state index contributed by atoms with van der Waals surface area (Å²) in [5, 5.41) is 0.699. The van der Waals surface area contributed by atoms with Crippen molar-refractivity contribution in [3.05, 3.63) is 63.1 Å². The molecule has 2 aliphatic heterocycles. The molecule has 1 atom stereocenters. The molecule has 0 aliphatic carbocycles. The van der Waals surface area contributed by atoms with Crippen molar-refractivity contribution in [3.63, 3.8) is 0 Å². The van der Waals surface area contributed by atoms with Crippen LogP contribution in [0.3, 0.4) is 0 Å². The van der Waals surface area contributed by atoms with Gasteiger partial charge in [-0.1, -0.05) is 23.7 Å². The lowest BCUT2D eigenvalue weighted by atomic mass is 9.77. The van der Waals surface area contributed by atoms with E-state index in [9.17, 15) is 9.59 Å². The zero-order chi connectivity index (χ0) is 24.1. The van der Waals surface area contributed by atoms with Gasteiger partial charge in [0.25, 0.3) is 5.91 Å². The number of hydrogen-bond donors (Lipinski definition) is 0. The van der Waals surface area contributed by atoms with Gasteiger partial charge in [0.15, 0.2) is 0 Å². The fraction of sp³-hybridized carbons (Fsp3) is 0.481. The summed E-state index contributed by atoms with van der Waals surface area (Å²) in [4.78, 5) is 30.6. The summed E-state index contributed by atoms with van der Waals surface area (Å²) >= 11 is 9.70. The number of ether oxygens (including phenoxy) is 1. The van der Waals surface area contributed by atoms with Gasteiger partial charge in [0.1, 0.15) is 5.75 Å². The van der Waals surface area contributed by atoms with Gasteiger partial charge in [0, 0.05) is 47.5 Å². The summed E-state index contributed by atoms with van der Waals surface area (Å²) in [6, 6.07) is 13.1. The molecule has 2 aromatic rings. The highest BCUT2D eigenvalue weighted by atomic mass is 79.9. The maximum Gasteiger partial charge on any atom is 0.255 e. The molecule has 0 saturated carbocycles. The maximum atomic E-state index is 13.4. The van der Waals surface area contributed by atoms with E-state index >= 15 is 0 Å². The van der Waals surface area contributed by atoms with Crippen molar-refractivity contribution < 1.29 is 14.3 Å². The third-order valence-corrected chi connectivity index (χ3v) is 8.08. The minimum Gasteiger partial charge on any atom is -0.493 e. The van der Waals surface area contributed by atoms with Gasteiger partial charge in [-0.2, -0.15) is 0 Å². The Bertz CT molecular complexity index is 1040. The Labute approximate surface area is 215 Å². The Morgan fingerprint density at radius 1 is 1.03 bits per heavy atom. The van der Waals surface area contributed by atoms with E-state index in [2.05, 4.69) is 15.9 Å². The maximum absolute atomic E-state index is 13.4. The zero-order valence-corrected chi connectivity index (χ0v) is 22.0. The Balaban J connectivity index is 1.55. The number of rotatable bonds is 6. The number of carbonyl (C=O) groups is 2. The summed E-state index contributed by atoms with van der Waals surface area (Å²) in [7, 11) is 0. The van der Waals surface area contributed by atoms with Crippen LogP contribution in [0.25, 0.3) is 0 Å². The standard InChI is InChI=1S/C27H32BrClN2O3/c1-20-16-21(10-11-24(20)29)34-19-27(17-25(32)30-13-5-2-6-14-30)12-7-15-31(18-27)26(33)22-8-3-4-9-23(22)28/h3-4,8-11,16H,2,5-7,12-15,17-19H2,1H3. The topological polar surface area (TPSA) is 49.9 Å². The molecule has 34 heavy (non-hydrogen) atoms. The molecule has 1 unspecified atom stereocenters. The van der Waals surface area contributed by atoms with Crippen LogP contribution in [0.1, 0.15) is 54.4 Å². The molecular weight excluding hydrogens is 516 g/mol. The van der Waals surface area contributed by atoms with Crippen molar-refractivity contribution in [3.8, 4) is 5.75 Å². The summed E-state index contributed by atoms with van der Waals surface area (Å²) in [5.74, 6) is 0.899. The highest BCUT2D eigenvalue weighted by Gasteiger charge is 2.41. The fourth-order valence-corrected chi connectivity index (χ4v) is 5.59. The van der Waals surface area contributed by atoms with E-state index in [4.69, 9.17) is 16.3 Å². The van der Waals surface area contributed by atoms with Crippen LogP contribution in [-0.4, -0.2) is 54.4 Å². The molecule has 0 radical (unpaired) electrons. The predicted octanol–water partition coefficient (Wildman–Crippen LogP) is 6.11. The largest absolute Gasteiger partial charge is 0.493 e. The molecule has 5 nitrogen and oxygen atoms in total. The Hall–Kier alpha value is -2.05. The third-order valence-electron chi connectivity index (χ3n) is 6.96. The quantitative estimate of drug-likeness (QED) is 0.438. The molecule has 2 fully saturated rings. The van der Waals surface area contributed by atoms with Crippen LogP contribution >= 0.6 is 27.5 Å². The molecule has 2 heterocycles. The van der Waals surface area contributed by atoms with E-state index < -0.39 is 5.41 Å². The van der Waals surface area contributed by atoms with E-state index in [1.165, 1.54) is 6.42 Å². The highest BCUT2D eigenvalue weighted by Crippen LogP contribution is 2.37. The normalized spacial score (nSPS) is 20.8. The first-order valence-electron chi connectivity index (χ1n) is 12.1. The molecule has 7 heteroatoms. The number of piperidine rings is 2. The lowest BCUT2D eigenvalue weighted by Gasteiger charge is -2.43. The molecule has 182 valence electrons. The van der Waals surface area contributed by atoms with E-state index in [-0.39, 0.29) is 11.8 Å². The van der Waals surface area contributed by atoms with Gasteiger partial charge in [-0.15, -0.1) is 0 Å². The minimum absolute atomic E-state index is 0.00990. The molecule has 0 bridgehead atoms. The number of likely N-dealkylation sites (tertiary alicyclic amines) is 2. The van der Waals surface area contributed by atoms with Crippen LogP contribution in [0.4, 0.5) is 0 Å². The second-order valence-electron chi connectivity index (χ2n) is 9.63. The summed E-state index contributed by atoms with van der Waals surface area (Å²) in [5.41, 5.74) is 1.17. The van der Waals surface area contributed by atoms with Gasteiger partial charge in [-0.05, 0) is 90.9 Å². The van der Waals surface area contributed by atoms with Gasteiger partial charge in [-0.25, -0.2) is 0 Å². The number of amides is 2. The van der Waals surface area contributed by atoms with E-state index in [1.807, 2.05) is 59.2 Å². The molecule has 2 saturated heterocycles. The second-order valence-corrected chi connectivity index (χ2v) is 10.9. The van der Waals surface area contributed by atoms with Gasteiger partial charge >= 0.3 is 0 Å². The van der Waals surface area contributed by atoms with Crippen molar-refractivity contribution >= 4 is 39.3 Å². The van der Waals surface area contributed by atoms with Gasteiger partial charge in [-0.3, -0.25) is 9.59 Å². The lowest BCUT2D eigenvalue weighted by molar-refractivity contribution is -0.136. The van der Waals surface area contributed by atoms with E-state index in [0.29, 0.717) is 36.7 Å². The van der Waals surface area contributed by atoms with Crippen LogP contribution < -0.4 is 4.74 Å². The first kappa shape index (κ1) is 25.1. The van der Waals surface area contributed by atoms with E-state index in [0.717, 1.165) is 54.6 Å². The number of halogens is 2. The Morgan fingerprint density at radius 3 is 2.50 bits per heavy atom. The molecule has 0 aromatic heterocycles. The smallest absolute Gasteiger partial charge is 0.255 e.